The molecule has 0 amide bonds. The molecular weight excluding hydrogens is 180 g/mol. The van der Waals surface area contributed by atoms with Gasteiger partial charge < -0.3 is 4.74 Å². The summed E-state index contributed by atoms with van der Waals surface area (Å²) in [5.74, 6) is -0.341. The molecule has 0 atom stereocenters. The van der Waals surface area contributed by atoms with Gasteiger partial charge in [0.05, 0.1) is 12.2 Å². The molecule has 1 aromatic rings. The fourth-order valence-electron chi connectivity index (χ4n) is 1.52. The molecule has 0 bridgehead atoms. The zero-order valence-electron chi connectivity index (χ0n) is 7.69. The second kappa shape index (κ2) is 3.14. The van der Waals surface area contributed by atoms with Gasteiger partial charge in [0.15, 0.2) is 5.69 Å². The molecule has 0 aromatic carbocycles. The lowest BCUT2D eigenvalue weighted by atomic mass is 10.1. The number of carbonyl (C=O) groups excluding carboxylic acids is 1. The Bertz CT molecular complexity index is 418. The molecule has 0 spiro atoms. The number of cyclic esters (lactones) is 1. The third-order valence-corrected chi connectivity index (χ3v) is 2.14. The van der Waals surface area contributed by atoms with Gasteiger partial charge in [-0.15, -0.1) is 0 Å². The summed E-state index contributed by atoms with van der Waals surface area (Å²) >= 11 is 0. The van der Waals surface area contributed by atoms with Crippen molar-refractivity contribution in [3.05, 3.63) is 30.1 Å². The Morgan fingerprint density at radius 2 is 2.21 bits per heavy atom. The van der Waals surface area contributed by atoms with Gasteiger partial charge >= 0.3 is 5.97 Å². The van der Waals surface area contributed by atoms with Crippen LogP contribution in [0, 0.1) is 0 Å². The number of hydrogen-bond acceptors (Lipinski definition) is 3. The Labute approximate surface area is 81.5 Å². The Morgan fingerprint density at radius 1 is 1.43 bits per heavy atom. The Hall–Kier alpha value is -1.84. The van der Waals surface area contributed by atoms with Gasteiger partial charge in [0.25, 0.3) is 0 Å². The van der Waals surface area contributed by atoms with Crippen molar-refractivity contribution in [2.75, 3.05) is 6.61 Å². The maximum atomic E-state index is 11.4. The van der Waals surface area contributed by atoms with E-state index in [2.05, 4.69) is 18.3 Å². The van der Waals surface area contributed by atoms with E-state index in [1.807, 2.05) is 0 Å². The summed E-state index contributed by atoms with van der Waals surface area (Å²) in [4.78, 5) is 11.4. The molecule has 0 unspecified atom stereocenters. The van der Waals surface area contributed by atoms with Crippen LogP contribution < -0.4 is 0 Å². The van der Waals surface area contributed by atoms with E-state index in [1.54, 1.807) is 16.8 Å². The van der Waals surface area contributed by atoms with Gasteiger partial charge in [-0.2, -0.15) is 5.10 Å². The summed E-state index contributed by atoms with van der Waals surface area (Å²) in [6.45, 7) is 8.25. The zero-order valence-corrected chi connectivity index (χ0v) is 7.69. The first-order chi connectivity index (χ1) is 6.77. The van der Waals surface area contributed by atoms with Crippen molar-refractivity contribution in [3.8, 4) is 0 Å². The number of nitrogens with zero attached hydrogens (tertiary/aromatic N) is 2. The SMILES string of the molecule is C=Cc1nn2c(c1C=C)C(=O)OCC2. The summed E-state index contributed by atoms with van der Waals surface area (Å²) in [5.41, 5.74) is 1.85. The van der Waals surface area contributed by atoms with E-state index in [9.17, 15) is 4.79 Å². The van der Waals surface area contributed by atoms with Gasteiger partial charge in [-0.1, -0.05) is 19.2 Å². The van der Waals surface area contributed by atoms with Gasteiger partial charge in [-0.25, -0.2) is 4.79 Å². The summed E-state index contributed by atoms with van der Waals surface area (Å²) in [6, 6.07) is 0. The molecule has 1 aromatic heterocycles. The normalized spacial score (nSPS) is 14.4. The summed E-state index contributed by atoms with van der Waals surface area (Å²) in [5, 5.41) is 4.22. The van der Waals surface area contributed by atoms with Crippen LogP contribution >= 0.6 is 0 Å². The molecule has 14 heavy (non-hydrogen) atoms. The molecule has 0 aliphatic carbocycles. The lowest BCUT2D eigenvalue weighted by molar-refractivity contribution is 0.0411. The second-order valence-corrected chi connectivity index (χ2v) is 2.91. The molecular formula is C10H10N2O2. The van der Waals surface area contributed by atoms with Gasteiger partial charge in [0.2, 0.25) is 0 Å². The zero-order chi connectivity index (χ0) is 10.1. The summed E-state index contributed by atoms with van der Waals surface area (Å²) in [6.07, 6.45) is 3.21. The van der Waals surface area contributed by atoms with Crippen LogP contribution in [0.25, 0.3) is 12.2 Å². The van der Waals surface area contributed by atoms with Gasteiger partial charge in [0, 0.05) is 5.56 Å². The fourth-order valence-corrected chi connectivity index (χ4v) is 1.52. The first-order valence-electron chi connectivity index (χ1n) is 4.30. The van der Waals surface area contributed by atoms with Crippen molar-refractivity contribution >= 4 is 18.1 Å². The van der Waals surface area contributed by atoms with Crippen LogP contribution in [0.3, 0.4) is 0 Å². The molecule has 4 heteroatoms. The minimum atomic E-state index is -0.341. The maximum absolute atomic E-state index is 11.4. The van der Waals surface area contributed by atoms with Crippen molar-refractivity contribution in [1.82, 2.24) is 9.78 Å². The van der Waals surface area contributed by atoms with Gasteiger partial charge in [-0.05, 0) is 6.08 Å². The van der Waals surface area contributed by atoms with Crippen molar-refractivity contribution in [3.63, 3.8) is 0 Å². The summed E-state index contributed by atoms with van der Waals surface area (Å²) in [7, 11) is 0. The summed E-state index contributed by atoms with van der Waals surface area (Å²) < 4.78 is 6.56. The monoisotopic (exact) mass is 190 g/mol. The van der Waals surface area contributed by atoms with Crippen LogP contribution in [0.1, 0.15) is 21.7 Å². The third-order valence-electron chi connectivity index (χ3n) is 2.14. The molecule has 2 heterocycles. The lowest BCUT2D eigenvalue weighted by Crippen LogP contribution is -2.23. The average Bonchev–Trinajstić information content (AvgIpc) is 2.56. The molecule has 0 saturated heterocycles. The number of fused-ring (bicyclic) bond motifs is 1. The minimum Gasteiger partial charge on any atom is -0.459 e. The molecule has 4 nitrogen and oxygen atoms in total. The first-order valence-corrected chi connectivity index (χ1v) is 4.30. The molecule has 1 aliphatic rings. The number of rotatable bonds is 2. The number of hydrogen-bond donors (Lipinski definition) is 0. The Kier molecular flexibility index (Phi) is 1.96. The quantitative estimate of drug-likeness (QED) is 0.661. The van der Waals surface area contributed by atoms with E-state index in [4.69, 9.17) is 4.74 Å². The number of esters is 1. The van der Waals surface area contributed by atoms with Crippen LogP contribution in [0.5, 0.6) is 0 Å². The van der Waals surface area contributed by atoms with Crippen molar-refractivity contribution < 1.29 is 9.53 Å². The highest BCUT2D eigenvalue weighted by Crippen LogP contribution is 2.20. The van der Waals surface area contributed by atoms with E-state index in [1.165, 1.54) is 0 Å². The van der Waals surface area contributed by atoms with E-state index < -0.39 is 0 Å². The largest absolute Gasteiger partial charge is 0.459 e. The number of ether oxygens (including phenoxy) is 1. The Morgan fingerprint density at radius 3 is 2.86 bits per heavy atom. The van der Waals surface area contributed by atoms with Crippen molar-refractivity contribution in [2.45, 2.75) is 6.54 Å². The van der Waals surface area contributed by atoms with Crippen LogP contribution in [0.4, 0.5) is 0 Å². The molecule has 1 aliphatic heterocycles. The predicted molar refractivity (Wildman–Crippen MR) is 52.7 cm³/mol. The van der Waals surface area contributed by atoms with E-state index in [-0.39, 0.29) is 5.97 Å². The molecule has 0 saturated carbocycles. The maximum Gasteiger partial charge on any atom is 0.357 e. The predicted octanol–water partition coefficient (Wildman–Crippen LogP) is 1.34. The van der Waals surface area contributed by atoms with Crippen LogP contribution in [-0.4, -0.2) is 22.4 Å². The molecule has 0 fully saturated rings. The topological polar surface area (TPSA) is 44.1 Å². The highest BCUT2D eigenvalue weighted by Gasteiger charge is 2.25. The second-order valence-electron chi connectivity index (χ2n) is 2.91. The third kappa shape index (κ3) is 1.08. The standard InChI is InChI=1S/C10H10N2O2/c1-3-7-8(4-2)11-12-5-6-14-10(13)9(7)12/h3-4H,1-2,5-6H2. The Balaban J connectivity index is 2.66. The molecule has 0 radical (unpaired) electrons. The van der Waals surface area contributed by atoms with Crippen LogP contribution in [0.2, 0.25) is 0 Å². The van der Waals surface area contributed by atoms with E-state index >= 15 is 0 Å². The van der Waals surface area contributed by atoms with Gasteiger partial charge in [-0.3, -0.25) is 4.68 Å². The van der Waals surface area contributed by atoms with E-state index in [0.717, 1.165) is 0 Å². The molecule has 0 N–H and O–H groups in total. The highest BCUT2D eigenvalue weighted by atomic mass is 16.5. The number of carbonyl (C=O) groups is 1. The van der Waals surface area contributed by atoms with Gasteiger partial charge in [0.1, 0.15) is 6.61 Å². The highest BCUT2D eigenvalue weighted by molar-refractivity contribution is 5.93. The molecule has 72 valence electrons. The minimum absolute atomic E-state index is 0.341. The van der Waals surface area contributed by atoms with Crippen LogP contribution in [-0.2, 0) is 11.3 Å². The van der Waals surface area contributed by atoms with Crippen molar-refractivity contribution in [1.29, 1.82) is 0 Å². The number of aromatic nitrogens is 2. The van der Waals surface area contributed by atoms with E-state index in [0.29, 0.717) is 30.1 Å². The van der Waals surface area contributed by atoms with Crippen molar-refractivity contribution in [2.24, 2.45) is 0 Å². The molecule has 2 rings (SSSR count). The lowest BCUT2D eigenvalue weighted by Gasteiger charge is -2.13. The average molecular weight is 190 g/mol. The fraction of sp³-hybridized carbons (Fsp3) is 0.200. The first kappa shape index (κ1) is 8.74. The smallest absolute Gasteiger partial charge is 0.357 e. The van der Waals surface area contributed by atoms with Crippen LogP contribution in [0.15, 0.2) is 13.2 Å².